The van der Waals surface area contributed by atoms with Crippen LogP contribution in [0.1, 0.15) is 13.3 Å². The Morgan fingerprint density at radius 1 is 2.00 bits per heavy atom. The molecule has 0 rings (SSSR count). The van der Waals surface area contributed by atoms with E-state index in [0.717, 1.165) is 0 Å². The molecule has 0 radical (unpaired) electrons. The van der Waals surface area contributed by atoms with Gasteiger partial charge in [-0.15, -0.1) is 0 Å². The molecule has 0 unspecified atom stereocenters. The molecular weight excluding hydrogens is 120 g/mol. The molecule has 0 spiro atoms. The fraction of sp³-hybridized carbons (Fsp3) is 0.600. The lowest BCUT2D eigenvalue weighted by atomic mass is 10.0. The van der Waals surface area contributed by atoms with Gasteiger partial charge in [-0.2, -0.15) is 5.26 Å². The highest BCUT2D eigenvalue weighted by Gasteiger charge is 2.26. The first-order valence-corrected chi connectivity index (χ1v) is 2.40. The zero-order valence-corrected chi connectivity index (χ0v) is 5.09. The summed E-state index contributed by atoms with van der Waals surface area (Å²) < 4.78 is 0. The van der Waals surface area contributed by atoms with Crippen molar-refractivity contribution < 1.29 is 9.90 Å². The van der Waals surface area contributed by atoms with Gasteiger partial charge < -0.3 is 10.8 Å². The Kier molecular flexibility index (Phi) is 2.17. The fourth-order valence-electron chi connectivity index (χ4n) is 0.240. The lowest BCUT2D eigenvalue weighted by Gasteiger charge is -2.13. The molecule has 9 heavy (non-hydrogen) atoms. The Morgan fingerprint density at radius 2 is 2.44 bits per heavy atom. The molecule has 4 heteroatoms. The lowest BCUT2D eigenvalue weighted by Crippen LogP contribution is -2.44. The third-order valence-electron chi connectivity index (χ3n) is 0.935. The summed E-state index contributed by atoms with van der Waals surface area (Å²) in [6, 6.07) is 1.68. The molecule has 3 N–H and O–H groups in total. The summed E-state index contributed by atoms with van der Waals surface area (Å²) in [4.78, 5) is 10.1. The summed E-state index contributed by atoms with van der Waals surface area (Å²) in [5.41, 5.74) is 3.75. The van der Waals surface area contributed by atoms with Gasteiger partial charge >= 0.3 is 5.97 Å². The molecule has 0 aromatic heterocycles. The van der Waals surface area contributed by atoms with E-state index in [9.17, 15) is 4.79 Å². The Labute approximate surface area is 52.9 Å². The summed E-state index contributed by atoms with van der Waals surface area (Å²) >= 11 is 0. The van der Waals surface area contributed by atoms with Crippen molar-refractivity contribution in [3.8, 4) is 6.07 Å². The van der Waals surface area contributed by atoms with E-state index in [2.05, 4.69) is 0 Å². The minimum Gasteiger partial charge on any atom is -0.480 e. The highest BCUT2D eigenvalue weighted by molar-refractivity contribution is 5.78. The molecule has 50 valence electrons. The van der Waals surface area contributed by atoms with Crippen LogP contribution in [0.15, 0.2) is 0 Å². The number of aliphatic carboxylic acids is 1. The maximum atomic E-state index is 10.1. The van der Waals surface area contributed by atoms with Crippen molar-refractivity contribution in [3.05, 3.63) is 0 Å². The van der Waals surface area contributed by atoms with Crippen LogP contribution in [0.3, 0.4) is 0 Å². The van der Waals surface area contributed by atoms with E-state index in [4.69, 9.17) is 16.1 Å². The molecule has 0 saturated heterocycles. The fourth-order valence-corrected chi connectivity index (χ4v) is 0.240. The van der Waals surface area contributed by atoms with Crippen LogP contribution in [-0.2, 0) is 4.79 Å². The second kappa shape index (κ2) is 2.46. The number of hydrogen-bond acceptors (Lipinski definition) is 3. The van der Waals surface area contributed by atoms with E-state index in [1.165, 1.54) is 6.92 Å². The number of nitriles is 1. The van der Waals surface area contributed by atoms with Gasteiger partial charge in [0.25, 0.3) is 0 Å². The highest BCUT2D eigenvalue weighted by Crippen LogP contribution is 2.02. The van der Waals surface area contributed by atoms with Crippen LogP contribution in [0, 0.1) is 11.3 Å². The second-order valence-corrected chi connectivity index (χ2v) is 2.06. The van der Waals surface area contributed by atoms with Gasteiger partial charge in [-0.25, -0.2) is 0 Å². The van der Waals surface area contributed by atoms with Crippen molar-refractivity contribution in [3.63, 3.8) is 0 Å². The van der Waals surface area contributed by atoms with Gasteiger partial charge in [0, 0.05) is 0 Å². The topological polar surface area (TPSA) is 87.1 Å². The van der Waals surface area contributed by atoms with E-state index in [1.54, 1.807) is 6.07 Å². The molecule has 0 saturated carbocycles. The molecule has 1 atom stereocenters. The molecule has 0 aromatic rings. The van der Waals surface area contributed by atoms with E-state index in [0.29, 0.717) is 0 Å². The maximum Gasteiger partial charge on any atom is 0.324 e. The van der Waals surface area contributed by atoms with Crippen molar-refractivity contribution in [2.75, 3.05) is 0 Å². The molecule has 0 amide bonds. The smallest absolute Gasteiger partial charge is 0.324 e. The molecule has 0 heterocycles. The van der Waals surface area contributed by atoms with Crippen molar-refractivity contribution in [1.29, 1.82) is 5.26 Å². The third kappa shape index (κ3) is 2.11. The molecule has 0 fully saturated rings. The Hall–Kier alpha value is -1.08. The predicted octanol–water partition coefficient (Wildman–Crippen LogP) is -0.298. The van der Waals surface area contributed by atoms with Gasteiger partial charge in [0.1, 0.15) is 5.54 Å². The summed E-state index contributed by atoms with van der Waals surface area (Å²) in [6.07, 6.45) is -0.164. The van der Waals surface area contributed by atoms with Gasteiger partial charge in [-0.1, -0.05) is 0 Å². The van der Waals surface area contributed by atoms with E-state index >= 15 is 0 Å². The van der Waals surface area contributed by atoms with Crippen LogP contribution >= 0.6 is 0 Å². The molecule has 0 aliphatic carbocycles. The van der Waals surface area contributed by atoms with Crippen LogP contribution in [0.2, 0.25) is 0 Å². The Balaban J connectivity index is 4.06. The summed E-state index contributed by atoms with van der Waals surface area (Å²) in [7, 11) is 0. The van der Waals surface area contributed by atoms with Crippen LogP contribution in [0.4, 0.5) is 0 Å². The maximum absolute atomic E-state index is 10.1. The standard InChI is InChI=1S/C5H8N2O2/c1-5(7,2-3-6)4(8)9/h2,7H2,1H3,(H,8,9)/t5-/m1/s1. The number of carbonyl (C=O) groups is 1. The lowest BCUT2D eigenvalue weighted by molar-refractivity contribution is -0.142. The minimum atomic E-state index is -1.39. The third-order valence-corrected chi connectivity index (χ3v) is 0.935. The average molecular weight is 128 g/mol. The number of hydrogen-bond donors (Lipinski definition) is 2. The first kappa shape index (κ1) is 7.92. The first-order chi connectivity index (χ1) is 4.00. The largest absolute Gasteiger partial charge is 0.480 e. The van der Waals surface area contributed by atoms with E-state index in [-0.39, 0.29) is 6.42 Å². The van der Waals surface area contributed by atoms with Crippen LogP contribution in [0.5, 0.6) is 0 Å². The number of carboxylic acids is 1. The number of rotatable bonds is 2. The van der Waals surface area contributed by atoms with Crippen LogP contribution in [0.25, 0.3) is 0 Å². The van der Waals surface area contributed by atoms with Crippen molar-refractivity contribution in [2.45, 2.75) is 18.9 Å². The monoisotopic (exact) mass is 128 g/mol. The molecular formula is C5H8N2O2. The van der Waals surface area contributed by atoms with Crippen LogP contribution < -0.4 is 5.73 Å². The summed E-state index contributed by atoms with van der Waals surface area (Å²) in [6.45, 7) is 1.30. The Morgan fingerprint density at radius 3 is 2.56 bits per heavy atom. The number of carboxylic acid groups (broad SMARTS) is 1. The van der Waals surface area contributed by atoms with Gasteiger partial charge in [0.2, 0.25) is 0 Å². The number of nitrogens with zero attached hydrogens (tertiary/aromatic N) is 1. The van der Waals surface area contributed by atoms with Crippen molar-refractivity contribution in [2.24, 2.45) is 5.73 Å². The minimum absolute atomic E-state index is 0.164. The van der Waals surface area contributed by atoms with E-state index in [1.807, 2.05) is 0 Å². The molecule has 0 aliphatic heterocycles. The SMILES string of the molecule is C[C@@](N)(CC#N)C(=O)O. The van der Waals surface area contributed by atoms with Gasteiger partial charge in [0.15, 0.2) is 0 Å². The average Bonchev–Trinajstić information content (AvgIpc) is 1.65. The quantitative estimate of drug-likeness (QED) is 0.534. The predicted molar refractivity (Wildman–Crippen MR) is 30.5 cm³/mol. The summed E-state index contributed by atoms with van der Waals surface area (Å²) in [5.74, 6) is -1.15. The van der Waals surface area contributed by atoms with Gasteiger partial charge in [-0.3, -0.25) is 4.79 Å². The number of nitrogens with two attached hydrogens (primary N) is 1. The van der Waals surface area contributed by atoms with Gasteiger partial charge in [-0.05, 0) is 6.92 Å². The Bertz CT molecular complexity index is 157. The van der Waals surface area contributed by atoms with Crippen molar-refractivity contribution in [1.82, 2.24) is 0 Å². The molecule has 0 aromatic carbocycles. The highest BCUT2D eigenvalue weighted by atomic mass is 16.4. The van der Waals surface area contributed by atoms with Crippen LogP contribution in [-0.4, -0.2) is 16.6 Å². The van der Waals surface area contributed by atoms with E-state index < -0.39 is 11.5 Å². The first-order valence-electron chi connectivity index (χ1n) is 2.40. The molecule has 4 nitrogen and oxygen atoms in total. The second-order valence-electron chi connectivity index (χ2n) is 2.06. The van der Waals surface area contributed by atoms with Gasteiger partial charge in [0.05, 0.1) is 12.5 Å². The van der Waals surface area contributed by atoms with Crippen molar-refractivity contribution >= 4 is 5.97 Å². The zero-order valence-electron chi connectivity index (χ0n) is 5.09. The molecule has 0 bridgehead atoms. The summed E-state index contributed by atoms with van der Waals surface area (Å²) in [5, 5.41) is 16.4. The molecule has 0 aliphatic rings. The normalized spacial score (nSPS) is 15.7. The zero-order chi connectivity index (χ0) is 7.49.